The normalized spacial score (nSPS) is 22.3. The molecule has 6 heteroatoms. The minimum atomic E-state index is -3.23. The maximum atomic E-state index is 12.8. The third-order valence-corrected chi connectivity index (χ3v) is 7.39. The van der Waals surface area contributed by atoms with E-state index < -0.39 is 9.84 Å². The molecule has 0 aromatic heterocycles. The summed E-state index contributed by atoms with van der Waals surface area (Å²) in [7, 11) is -3.23. The van der Waals surface area contributed by atoms with Gasteiger partial charge >= 0.3 is 0 Å². The van der Waals surface area contributed by atoms with Crippen LogP contribution in [0.15, 0.2) is 29.2 Å². The van der Waals surface area contributed by atoms with Crippen molar-refractivity contribution in [2.24, 2.45) is 5.73 Å². The van der Waals surface area contributed by atoms with E-state index in [4.69, 9.17) is 10.5 Å². The fourth-order valence-electron chi connectivity index (χ4n) is 3.61. The molecule has 23 heavy (non-hydrogen) atoms. The summed E-state index contributed by atoms with van der Waals surface area (Å²) in [6, 6.07) is 7.58. The van der Waals surface area contributed by atoms with E-state index in [-0.39, 0.29) is 5.25 Å². The van der Waals surface area contributed by atoms with Crippen LogP contribution in [0.2, 0.25) is 0 Å². The van der Waals surface area contributed by atoms with E-state index in [1.807, 2.05) is 12.1 Å². The summed E-state index contributed by atoms with van der Waals surface area (Å²) < 4.78 is 31.0. The Morgan fingerprint density at radius 2 is 1.65 bits per heavy atom. The second kappa shape index (κ2) is 7.30. The Hall–Kier alpha value is -0.950. The maximum absolute atomic E-state index is 12.8. The van der Waals surface area contributed by atoms with E-state index in [9.17, 15) is 8.42 Å². The van der Waals surface area contributed by atoms with Crippen LogP contribution in [0.4, 0.5) is 0 Å². The lowest BCUT2D eigenvalue weighted by Gasteiger charge is -2.39. The molecule has 3 rings (SSSR count). The number of benzene rings is 1. The third kappa shape index (κ3) is 3.76. The van der Waals surface area contributed by atoms with Crippen LogP contribution in [-0.2, 0) is 21.1 Å². The average molecular weight is 338 g/mol. The highest BCUT2D eigenvalue weighted by molar-refractivity contribution is 7.92. The van der Waals surface area contributed by atoms with Gasteiger partial charge in [-0.05, 0) is 56.5 Å². The fraction of sp³-hybridized carbons (Fsp3) is 0.647. The largest absolute Gasteiger partial charge is 0.381 e. The molecule has 2 fully saturated rings. The first-order valence-electron chi connectivity index (χ1n) is 8.46. The summed E-state index contributed by atoms with van der Waals surface area (Å²) in [6.45, 7) is 3.83. The van der Waals surface area contributed by atoms with E-state index in [1.54, 1.807) is 12.1 Å². The Kier molecular flexibility index (Phi) is 5.36. The molecule has 0 unspecified atom stereocenters. The highest BCUT2D eigenvalue weighted by Gasteiger charge is 2.33. The molecule has 1 aromatic carbocycles. The van der Waals surface area contributed by atoms with E-state index in [2.05, 4.69) is 4.90 Å². The maximum Gasteiger partial charge on any atom is 0.181 e. The van der Waals surface area contributed by atoms with Gasteiger partial charge in [-0.25, -0.2) is 8.42 Å². The summed E-state index contributed by atoms with van der Waals surface area (Å²) in [6.07, 6.45) is 3.58. The highest BCUT2D eigenvalue weighted by Crippen LogP contribution is 2.27. The molecule has 0 atom stereocenters. The summed E-state index contributed by atoms with van der Waals surface area (Å²) >= 11 is 0. The van der Waals surface area contributed by atoms with Gasteiger partial charge < -0.3 is 15.4 Å². The quantitative estimate of drug-likeness (QED) is 0.902. The second-order valence-corrected chi connectivity index (χ2v) is 8.70. The molecule has 2 aliphatic heterocycles. The van der Waals surface area contributed by atoms with Crippen molar-refractivity contribution >= 4 is 9.84 Å². The van der Waals surface area contributed by atoms with E-state index in [1.165, 1.54) is 0 Å². The molecular weight excluding hydrogens is 312 g/mol. The van der Waals surface area contributed by atoms with Crippen LogP contribution < -0.4 is 5.73 Å². The first-order chi connectivity index (χ1) is 11.1. The zero-order valence-electron chi connectivity index (χ0n) is 13.5. The molecule has 0 bridgehead atoms. The number of likely N-dealkylation sites (tertiary alicyclic amines) is 1. The van der Waals surface area contributed by atoms with Crippen molar-refractivity contribution in [1.29, 1.82) is 0 Å². The lowest BCUT2D eigenvalue weighted by atomic mass is 10.0. The molecular formula is C17H26N2O3S. The summed E-state index contributed by atoms with van der Waals surface area (Å²) in [5.74, 6) is 0. The van der Waals surface area contributed by atoms with Crippen molar-refractivity contribution in [1.82, 2.24) is 4.90 Å². The smallest absolute Gasteiger partial charge is 0.181 e. The van der Waals surface area contributed by atoms with Gasteiger partial charge in [0.1, 0.15) is 0 Å². The van der Waals surface area contributed by atoms with Gasteiger partial charge in [-0.3, -0.25) is 0 Å². The molecule has 2 saturated heterocycles. The van der Waals surface area contributed by atoms with Gasteiger partial charge in [-0.15, -0.1) is 0 Å². The summed E-state index contributed by atoms with van der Waals surface area (Å²) in [4.78, 5) is 2.88. The van der Waals surface area contributed by atoms with Crippen molar-refractivity contribution in [2.75, 3.05) is 26.3 Å². The number of sulfone groups is 1. The van der Waals surface area contributed by atoms with Gasteiger partial charge in [-0.1, -0.05) is 12.1 Å². The van der Waals surface area contributed by atoms with E-state index in [0.29, 0.717) is 17.5 Å². The van der Waals surface area contributed by atoms with Crippen molar-refractivity contribution in [2.45, 2.75) is 48.4 Å². The van der Waals surface area contributed by atoms with Gasteiger partial charge in [-0.2, -0.15) is 0 Å². The SMILES string of the molecule is NCc1ccc(S(=O)(=O)C2CCN(C3CCOCC3)CC2)cc1. The standard InChI is InChI=1S/C17H26N2O3S/c18-13-14-1-3-16(4-2-14)23(20,21)17-5-9-19(10-6-17)15-7-11-22-12-8-15/h1-4,15,17H,5-13,18H2. The minimum absolute atomic E-state index is 0.262. The molecule has 2 heterocycles. The minimum Gasteiger partial charge on any atom is -0.381 e. The van der Waals surface area contributed by atoms with E-state index >= 15 is 0 Å². The Morgan fingerprint density at radius 1 is 1.04 bits per heavy atom. The third-order valence-electron chi connectivity index (χ3n) is 5.11. The second-order valence-electron chi connectivity index (χ2n) is 6.47. The molecule has 2 aliphatic rings. The number of hydrogen-bond acceptors (Lipinski definition) is 5. The number of ether oxygens (including phenoxy) is 1. The van der Waals surface area contributed by atoms with Crippen LogP contribution in [0.3, 0.4) is 0 Å². The molecule has 2 N–H and O–H groups in total. The van der Waals surface area contributed by atoms with Gasteiger partial charge in [0.25, 0.3) is 0 Å². The Balaban J connectivity index is 1.63. The first-order valence-corrected chi connectivity index (χ1v) is 10.0. The molecule has 0 saturated carbocycles. The van der Waals surface area contributed by atoms with Crippen LogP contribution in [-0.4, -0.2) is 50.9 Å². The van der Waals surface area contributed by atoms with Crippen molar-refractivity contribution in [3.8, 4) is 0 Å². The van der Waals surface area contributed by atoms with Crippen molar-refractivity contribution < 1.29 is 13.2 Å². The number of nitrogens with zero attached hydrogens (tertiary/aromatic N) is 1. The first kappa shape index (κ1) is 16.9. The molecule has 0 radical (unpaired) electrons. The molecule has 0 aliphatic carbocycles. The molecule has 0 spiro atoms. The predicted octanol–water partition coefficient (Wildman–Crippen LogP) is 1.56. The fourth-order valence-corrected chi connectivity index (χ4v) is 5.34. The Morgan fingerprint density at radius 3 is 2.22 bits per heavy atom. The number of nitrogens with two attached hydrogens (primary N) is 1. The monoisotopic (exact) mass is 338 g/mol. The number of piperidine rings is 1. The van der Waals surface area contributed by atoms with Gasteiger partial charge in [0.05, 0.1) is 10.1 Å². The molecule has 128 valence electrons. The lowest BCUT2D eigenvalue weighted by molar-refractivity contribution is 0.0277. The molecule has 0 amide bonds. The van der Waals surface area contributed by atoms with Gasteiger partial charge in [0.2, 0.25) is 0 Å². The van der Waals surface area contributed by atoms with Crippen LogP contribution in [0, 0.1) is 0 Å². The van der Waals surface area contributed by atoms with Crippen LogP contribution in [0.5, 0.6) is 0 Å². The zero-order valence-corrected chi connectivity index (χ0v) is 14.3. The molecule has 5 nitrogen and oxygen atoms in total. The van der Waals surface area contributed by atoms with Crippen LogP contribution in [0.1, 0.15) is 31.2 Å². The average Bonchev–Trinajstić information content (AvgIpc) is 2.62. The summed E-state index contributed by atoms with van der Waals surface area (Å²) in [5.41, 5.74) is 6.53. The van der Waals surface area contributed by atoms with Crippen LogP contribution >= 0.6 is 0 Å². The molecule has 1 aromatic rings. The summed E-state index contributed by atoms with van der Waals surface area (Å²) in [5, 5.41) is -0.262. The number of rotatable bonds is 4. The van der Waals surface area contributed by atoms with Crippen LogP contribution in [0.25, 0.3) is 0 Å². The predicted molar refractivity (Wildman–Crippen MR) is 90.0 cm³/mol. The van der Waals surface area contributed by atoms with Gasteiger partial charge in [0.15, 0.2) is 9.84 Å². The topological polar surface area (TPSA) is 72.6 Å². The number of hydrogen-bond donors (Lipinski definition) is 1. The Labute approximate surface area is 138 Å². The highest BCUT2D eigenvalue weighted by atomic mass is 32.2. The lowest BCUT2D eigenvalue weighted by Crippen LogP contribution is -2.46. The van der Waals surface area contributed by atoms with Crippen molar-refractivity contribution in [3.63, 3.8) is 0 Å². The van der Waals surface area contributed by atoms with E-state index in [0.717, 1.165) is 57.6 Å². The van der Waals surface area contributed by atoms with Gasteiger partial charge in [0, 0.05) is 25.8 Å². The zero-order chi connectivity index (χ0) is 16.3. The van der Waals surface area contributed by atoms with Crippen molar-refractivity contribution in [3.05, 3.63) is 29.8 Å². The Bertz CT molecular complexity index is 601.